The zero-order chi connectivity index (χ0) is 19.8. The lowest BCUT2D eigenvalue weighted by Gasteiger charge is -2.30. The van der Waals surface area contributed by atoms with Gasteiger partial charge in [-0.2, -0.15) is 0 Å². The molecule has 0 fully saturated rings. The van der Waals surface area contributed by atoms with Gasteiger partial charge in [0.2, 0.25) is 0 Å². The predicted octanol–water partition coefficient (Wildman–Crippen LogP) is 4.08. The van der Waals surface area contributed by atoms with E-state index < -0.39 is 10.1 Å². The predicted molar refractivity (Wildman–Crippen MR) is 110 cm³/mol. The Morgan fingerprint density at radius 3 is 1.93 bits per heavy atom. The maximum atomic E-state index is 10.6. The molecule has 0 aliphatic rings. The Labute approximate surface area is 164 Å². The molecule has 0 saturated carbocycles. The zero-order valence-corrected chi connectivity index (χ0v) is 17.2. The molecule has 0 aliphatic carbocycles. The Kier molecular flexibility index (Phi) is 8.02. The van der Waals surface area contributed by atoms with E-state index in [1.165, 1.54) is 16.7 Å². The lowest BCUT2D eigenvalue weighted by Crippen LogP contribution is -2.41. The van der Waals surface area contributed by atoms with Crippen molar-refractivity contribution in [1.29, 1.82) is 0 Å². The first-order chi connectivity index (χ1) is 12.8. The molecular formula is C22H31NO3S. The first kappa shape index (κ1) is 21.6. The van der Waals surface area contributed by atoms with Gasteiger partial charge in [-0.1, -0.05) is 54.6 Å². The van der Waals surface area contributed by atoms with Crippen molar-refractivity contribution in [3.8, 4) is 11.1 Å². The molecule has 0 aromatic heterocycles. The lowest BCUT2D eigenvalue weighted by molar-refractivity contribution is -0.890. The molecule has 4 nitrogen and oxygen atoms in total. The largest absolute Gasteiger partial charge is 0.748 e. The molecule has 0 amide bonds. The van der Waals surface area contributed by atoms with E-state index >= 15 is 0 Å². The van der Waals surface area contributed by atoms with E-state index in [2.05, 4.69) is 62.6 Å². The van der Waals surface area contributed by atoms with E-state index in [1.54, 1.807) is 0 Å². The van der Waals surface area contributed by atoms with Crippen LogP contribution >= 0.6 is 0 Å². The summed E-state index contributed by atoms with van der Waals surface area (Å²) in [7, 11) is 0.263. The van der Waals surface area contributed by atoms with E-state index in [4.69, 9.17) is 0 Å². The van der Waals surface area contributed by atoms with Gasteiger partial charge in [0.15, 0.2) is 0 Å². The molecule has 27 heavy (non-hydrogen) atoms. The highest BCUT2D eigenvalue weighted by Gasteiger charge is 2.14. The average molecular weight is 390 g/mol. The van der Waals surface area contributed by atoms with Crippen LogP contribution in [0, 0.1) is 0 Å². The molecule has 148 valence electrons. The number of hydrogen-bond donors (Lipinski definition) is 0. The minimum Gasteiger partial charge on any atom is -0.748 e. The van der Waals surface area contributed by atoms with Crippen LogP contribution in [0.5, 0.6) is 0 Å². The molecule has 0 saturated heterocycles. The highest BCUT2D eigenvalue weighted by Crippen LogP contribution is 2.20. The summed E-state index contributed by atoms with van der Waals surface area (Å²) in [6.45, 7) is 1.97. The van der Waals surface area contributed by atoms with E-state index in [0.29, 0.717) is 6.42 Å². The Bertz CT molecular complexity index is 784. The summed E-state index contributed by atoms with van der Waals surface area (Å²) >= 11 is 0. The summed E-state index contributed by atoms with van der Waals surface area (Å²) in [5.41, 5.74) is 3.85. The summed E-state index contributed by atoms with van der Waals surface area (Å²) in [6, 6.07) is 19.2. The number of quaternary nitrogens is 1. The van der Waals surface area contributed by atoms with Gasteiger partial charge in [-0.3, -0.25) is 0 Å². The van der Waals surface area contributed by atoms with E-state index in [9.17, 15) is 13.0 Å². The number of rotatable bonds is 11. The van der Waals surface area contributed by atoms with Gasteiger partial charge in [-0.25, -0.2) is 8.42 Å². The smallest absolute Gasteiger partial charge is 0.0945 e. The molecule has 0 bridgehead atoms. The number of nitrogens with zero attached hydrogens (tertiary/aromatic N) is 1. The fraction of sp³-hybridized carbons (Fsp3) is 0.455. The molecule has 0 spiro atoms. The number of aryl methyl sites for hydroxylation is 1. The van der Waals surface area contributed by atoms with Crippen LogP contribution in [0.2, 0.25) is 0 Å². The van der Waals surface area contributed by atoms with Gasteiger partial charge in [0.1, 0.15) is 0 Å². The van der Waals surface area contributed by atoms with Crippen LogP contribution in [-0.4, -0.2) is 50.4 Å². The van der Waals surface area contributed by atoms with Crippen molar-refractivity contribution < 1.29 is 17.5 Å². The van der Waals surface area contributed by atoms with Gasteiger partial charge in [0, 0.05) is 5.75 Å². The Balaban J connectivity index is 1.68. The second-order valence-corrected chi connectivity index (χ2v) is 9.40. The van der Waals surface area contributed by atoms with Gasteiger partial charge >= 0.3 is 0 Å². The zero-order valence-electron chi connectivity index (χ0n) is 16.4. The van der Waals surface area contributed by atoms with Crippen LogP contribution in [0.25, 0.3) is 11.1 Å². The normalized spacial score (nSPS) is 12.3. The van der Waals surface area contributed by atoms with Crippen molar-refractivity contribution in [3.05, 3.63) is 60.2 Å². The van der Waals surface area contributed by atoms with Crippen LogP contribution in [0.1, 0.15) is 31.2 Å². The molecular weight excluding hydrogens is 358 g/mol. The first-order valence-electron chi connectivity index (χ1n) is 9.65. The van der Waals surface area contributed by atoms with Crippen LogP contribution in [0.3, 0.4) is 0 Å². The van der Waals surface area contributed by atoms with Crippen LogP contribution in [0.4, 0.5) is 0 Å². The molecule has 0 aliphatic heterocycles. The highest BCUT2D eigenvalue weighted by atomic mass is 32.2. The molecule has 0 radical (unpaired) electrons. The van der Waals surface area contributed by atoms with Gasteiger partial charge < -0.3 is 9.04 Å². The first-order valence-corrected chi connectivity index (χ1v) is 11.2. The summed E-state index contributed by atoms with van der Waals surface area (Å²) in [5, 5.41) is 0. The number of unbranched alkanes of at least 4 members (excludes halogenated alkanes) is 2. The highest BCUT2D eigenvalue weighted by molar-refractivity contribution is 7.85. The monoisotopic (exact) mass is 389 g/mol. The molecule has 2 rings (SSSR count). The SMILES string of the molecule is C[N+](C)(CCCCc1ccc(-c2ccccc2)cc1)CCCCS(=O)(=O)[O-]. The van der Waals surface area contributed by atoms with Gasteiger partial charge in [-0.15, -0.1) is 0 Å². The lowest BCUT2D eigenvalue weighted by atomic mass is 10.0. The van der Waals surface area contributed by atoms with Gasteiger partial charge in [-0.05, 0) is 48.8 Å². The van der Waals surface area contributed by atoms with E-state index in [0.717, 1.165) is 43.3 Å². The Hall–Kier alpha value is -1.69. The Morgan fingerprint density at radius 1 is 0.778 bits per heavy atom. The summed E-state index contributed by atoms with van der Waals surface area (Å²) in [4.78, 5) is 0. The number of hydrogen-bond acceptors (Lipinski definition) is 3. The van der Waals surface area contributed by atoms with Crippen LogP contribution in [0.15, 0.2) is 54.6 Å². The molecule has 5 heteroatoms. The van der Waals surface area contributed by atoms with Crippen molar-refractivity contribution in [2.75, 3.05) is 32.9 Å². The topological polar surface area (TPSA) is 57.2 Å². The van der Waals surface area contributed by atoms with E-state index in [1.807, 2.05) is 6.07 Å². The number of benzene rings is 2. The molecule has 0 heterocycles. The standard InChI is InChI=1S/C22H31NO3S/c1-23(2,18-8-9-19-27(24,25)26)17-7-6-10-20-13-15-22(16-14-20)21-11-4-3-5-12-21/h3-5,11-16H,6-10,17-19H2,1-2H3. The van der Waals surface area contributed by atoms with Crippen molar-refractivity contribution >= 4 is 10.1 Å². The van der Waals surface area contributed by atoms with Crippen molar-refractivity contribution in [3.63, 3.8) is 0 Å². The minimum atomic E-state index is -4.07. The maximum absolute atomic E-state index is 10.6. The second-order valence-electron chi connectivity index (χ2n) is 7.87. The molecule has 0 N–H and O–H groups in total. The third-order valence-electron chi connectivity index (χ3n) is 4.95. The molecule has 0 atom stereocenters. The summed E-state index contributed by atoms with van der Waals surface area (Å²) < 4.78 is 32.8. The van der Waals surface area contributed by atoms with Crippen molar-refractivity contribution in [2.45, 2.75) is 32.1 Å². The van der Waals surface area contributed by atoms with Crippen molar-refractivity contribution in [2.24, 2.45) is 0 Å². The van der Waals surface area contributed by atoms with Gasteiger partial charge in [0.25, 0.3) is 0 Å². The quantitative estimate of drug-likeness (QED) is 0.331. The fourth-order valence-electron chi connectivity index (χ4n) is 3.29. The second kappa shape index (κ2) is 10.0. The van der Waals surface area contributed by atoms with Gasteiger partial charge in [0.05, 0.1) is 37.3 Å². The Morgan fingerprint density at radius 2 is 1.33 bits per heavy atom. The maximum Gasteiger partial charge on any atom is 0.0945 e. The van der Waals surface area contributed by atoms with E-state index in [-0.39, 0.29) is 5.75 Å². The van der Waals surface area contributed by atoms with Crippen molar-refractivity contribution in [1.82, 2.24) is 0 Å². The molecule has 0 unspecified atom stereocenters. The average Bonchev–Trinajstić information content (AvgIpc) is 2.63. The summed E-state index contributed by atoms with van der Waals surface area (Å²) in [6.07, 6.45) is 4.58. The minimum absolute atomic E-state index is 0.244. The molecule has 2 aromatic rings. The fourth-order valence-corrected chi connectivity index (χ4v) is 3.85. The third kappa shape index (κ3) is 8.69. The summed E-state index contributed by atoms with van der Waals surface area (Å²) in [5.74, 6) is -0.244. The molecule has 2 aromatic carbocycles. The third-order valence-corrected chi connectivity index (χ3v) is 5.74. The van der Waals surface area contributed by atoms with Crippen LogP contribution < -0.4 is 0 Å². The van der Waals surface area contributed by atoms with Crippen LogP contribution in [-0.2, 0) is 16.5 Å².